The van der Waals surface area contributed by atoms with E-state index in [9.17, 15) is 4.39 Å². The maximum absolute atomic E-state index is 12.7. The average molecular weight is 235 g/mol. The van der Waals surface area contributed by atoms with E-state index in [4.69, 9.17) is 16.3 Å². The average Bonchev–Trinajstić information content (AvgIpc) is 2.31. The molecule has 6 nitrogen and oxygen atoms in total. The molecule has 0 unspecified atom stereocenters. The normalized spacial score (nSPS) is 10.0. The first-order valence-electron chi connectivity index (χ1n) is 4.72. The summed E-state index contributed by atoms with van der Waals surface area (Å²) in [5, 5.41) is 0. The monoisotopic (exact) mass is 235 g/mol. The largest absolute Gasteiger partial charge is 0.439 e. The van der Waals surface area contributed by atoms with Crippen molar-refractivity contribution in [2.75, 3.05) is 11.2 Å². The van der Waals surface area contributed by atoms with Crippen LogP contribution in [0.5, 0.6) is 11.6 Å². The second-order valence-corrected chi connectivity index (χ2v) is 3.15. The zero-order valence-electron chi connectivity index (χ0n) is 8.72. The Morgan fingerprint density at radius 3 is 2.53 bits per heavy atom. The number of nitrogen functional groups attached to an aromatic ring is 2. The number of nitrogens with two attached hydrogens (primary N) is 2. The van der Waals surface area contributed by atoms with Gasteiger partial charge in [-0.05, 0) is 24.3 Å². The lowest BCUT2D eigenvalue weighted by molar-refractivity contribution is 0.461. The van der Waals surface area contributed by atoms with Gasteiger partial charge in [0.2, 0.25) is 11.8 Å². The molecule has 1 aromatic heterocycles. The van der Waals surface area contributed by atoms with Crippen LogP contribution in [0.15, 0.2) is 30.3 Å². The number of hydrogen-bond acceptors (Lipinski definition) is 6. The number of nitrogens with one attached hydrogen (secondary N) is 1. The van der Waals surface area contributed by atoms with E-state index in [2.05, 4.69) is 15.4 Å². The number of rotatable bonds is 3. The molecule has 88 valence electrons. The molecule has 5 N–H and O–H groups in total. The molecule has 0 fully saturated rings. The summed E-state index contributed by atoms with van der Waals surface area (Å²) >= 11 is 0. The van der Waals surface area contributed by atoms with Crippen LogP contribution in [0.3, 0.4) is 0 Å². The van der Waals surface area contributed by atoms with E-state index in [-0.39, 0.29) is 17.6 Å². The van der Waals surface area contributed by atoms with Crippen LogP contribution in [0.25, 0.3) is 0 Å². The number of aromatic nitrogens is 2. The van der Waals surface area contributed by atoms with Crippen molar-refractivity contribution in [1.82, 2.24) is 9.97 Å². The first kappa shape index (κ1) is 11.1. The Bertz CT molecular complexity index is 517. The van der Waals surface area contributed by atoms with Crippen LogP contribution >= 0.6 is 0 Å². The van der Waals surface area contributed by atoms with Gasteiger partial charge in [-0.2, -0.15) is 9.97 Å². The van der Waals surface area contributed by atoms with E-state index in [1.165, 1.54) is 30.3 Å². The molecule has 1 heterocycles. The van der Waals surface area contributed by atoms with Crippen LogP contribution in [-0.4, -0.2) is 9.97 Å². The number of benzene rings is 1. The molecule has 0 saturated heterocycles. The van der Waals surface area contributed by atoms with E-state index < -0.39 is 0 Å². The molecular weight excluding hydrogens is 225 g/mol. The van der Waals surface area contributed by atoms with E-state index in [0.29, 0.717) is 11.6 Å². The Morgan fingerprint density at radius 1 is 1.18 bits per heavy atom. The van der Waals surface area contributed by atoms with Gasteiger partial charge in [-0.25, -0.2) is 10.2 Å². The van der Waals surface area contributed by atoms with Gasteiger partial charge in [0, 0.05) is 6.07 Å². The molecule has 0 saturated carbocycles. The molecule has 0 bridgehead atoms. The molecule has 17 heavy (non-hydrogen) atoms. The maximum atomic E-state index is 12.7. The highest BCUT2D eigenvalue weighted by Crippen LogP contribution is 2.21. The zero-order chi connectivity index (χ0) is 12.3. The molecule has 0 aliphatic rings. The lowest BCUT2D eigenvalue weighted by Crippen LogP contribution is -2.10. The Labute approximate surface area is 96.4 Å². The molecule has 0 spiro atoms. The third-order valence-corrected chi connectivity index (χ3v) is 1.90. The topological polar surface area (TPSA) is 99.1 Å². The van der Waals surface area contributed by atoms with Gasteiger partial charge in [-0.3, -0.25) is 0 Å². The Morgan fingerprint density at radius 2 is 1.88 bits per heavy atom. The minimum absolute atomic E-state index is 0.0255. The zero-order valence-corrected chi connectivity index (χ0v) is 8.72. The fourth-order valence-corrected chi connectivity index (χ4v) is 1.19. The molecule has 0 amide bonds. The van der Waals surface area contributed by atoms with Crippen LogP contribution in [0.2, 0.25) is 0 Å². The van der Waals surface area contributed by atoms with Crippen molar-refractivity contribution >= 4 is 11.8 Å². The van der Waals surface area contributed by atoms with E-state index in [1.807, 2.05) is 0 Å². The summed E-state index contributed by atoms with van der Waals surface area (Å²) in [5.41, 5.74) is 7.79. The van der Waals surface area contributed by atoms with Crippen LogP contribution in [0.1, 0.15) is 0 Å². The minimum atomic E-state index is -0.344. The van der Waals surface area contributed by atoms with Gasteiger partial charge in [-0.15, -0.1) is 0 Å². The number of nitrogens with zero attached hydrogens (tertiary/aromatic N) is 2. The van der Waals surface area contributed by atoms with Crippen LogP contribution in [-0.2, 0) is 0 Å². The molecule has 2 rings (SSSR count). The summed E-state index contributed by atoms with van der Waals surface area (Å²) in [5.74, 6) is 5.87. The third-order valence-electron chi connectivity index (χ3n) is 1.90. The first-order valence-corrected chi connectivity index (χ1v) is 4.72. The SMILES string of the molecule is NNc1cc(Oc2ccc(F)cc2)nc(N)n1. The molecule has 7 heteroatoms. The smallest absolute Gasteiger partial charge is 0.226 e. The van der Waals surface area contributed by atoms with Gasteiger partial charge in [0.05, 0.1) is 0 Å². The fourth-order valence-electron chi connectivity index (χ4n) is 1.19. The Kier molecular flexibility index (Phi) is 3.01. The van der Waals surface area contributed by atoms with Crippen LogP contribution in [0, 0.1) is 5.82 Å². The highest BCUT2D eigenvalue weighted by Gasteiger charge is 2.04. The predicted molar refractivity (Wildman–Crippen MR) is 60.7 cm³/mol. The van der Waals surface area contributed by atoms with Crippen molar-refractivity contribution in [3.63, 3.8) is 0 Å². The van der Waals surface area contributed by atoms with E-state index in [0.717, 1.165) is 0 Å². The summed E-state index contributed by atoms with van der Waals surface area (Å²) in [6, 6.07) is 6.98. The first-order chi connectivity index (χ1) is 8.17. The molecule has 2 aromatic rings. The third kappa shape index (κ3) is 2.79. The highest BCUT2D eigenvalue weighted by molar-refractivity contribution is 5.42. The predicted octanol–water partition coefficient (Wildman–Crippen LogP) is 1.28. The van der Waals surface area contributed by atoms with Crippen molar-refractivity contribution in [3.05, 3.63) is 36.1 Å². The number of halogens is 1. The summed E-state index contributed by atoms with van der Waals surface area (Å²) in [6.07, 6.45) is 0. The molecule has 0 aliphatic carbocycles. The van der Waals surface area contributed by atoms with Crippen molar-refractivity contribution in [2.45, 2.75) is 0 Å². The Balaban J connectivity index is 2.23. The molecule has 0 radical (unpaired) electrons. The fraction of sp³-hybridized carbons (Fsp3) is 0. The van der Waals surface area contributed by atoms with Crippen LogP contribution in [0.4, 0.5) is 16.2 Å². The van der Waals surface area contributed by atoms with Gasteiger partial charge in [0.15, 0.2) is 0 Å². The van der Waals surface area contributed by atoms with Gasteiger partial charge >= 0.3 is 0 Å². The van der Waals surface area contributed by atoms with Crippen molar-refractivity contribution in [1.29, 1.82) is 0 Å². The number of hydrazine groups is 1. The summed E-state index contributed by atoms with van der Waals surface area (Å²) in [7, 11) is 0. The van der Waals surface area contributed by atoms with Crippen molar-refractivity contribution in [2.24, 2.45) is 5.84 Å². The van der Waals surface area contributed by atoms with Gasteiger partial charge in [0.1, 0.15) is 17.4 Å². The standard InChI is InChI=1S/C10H10FN5O/c11-6-1-3-7(4-2-6)17-9-5-8(16-13)14-10(12)15-9/h1-5H,13H2,(H3,12,14,15,16). The summed E-state index contributed by atoms with van der Waals surface area (Å²) in [6.45, 7) is 0. The summed E-state index contributed by atoms with van der Waals surface area (Å²) < 4.78 is 18.0. The van der Waals surface area contributed by atoms with Gasteiger partial charge < -0.3 is 15.9 Å². The molecule has 1 aromatic carbocycles. The van der Waals surface area contributed by atoms with Crippen molar-refractivity contribution in [3.8, 4) is 11.6 Å². The molecule has 0 aliphatic heterocycles. The lowest BCUT2D eigenvalue weighted by atomic mass is 10.3. The molecule has 0 atom stereocenters. The molecular formula is C10H10FN5O. The maximum Gasteiger partial charge on any atom is 0.226 e. The van der Waals surface area contributed by atoms with Crippen molar-refractivity contribution < 1.29 is 9.13 Å². The van der Waals surface area contributed by atoms with Crippen LogP contribution < -0.4 is 21.7 Å². The number of anilines is 2. The number of ether oxygens (including phenoxy) is 1. The Hall–Kier alpha value is -2.41. The highest BCUT2D eigenvalue weighted by atomic mass is 19.1. The second kappa shape index (κ2) is 4.62. The minimum Gasteiger partial charge on any atom is -0.439 e. The van der Waals surface area contributed by atoms with E-state index in [1.54, 1.807) is 0 Å². The van der Waals surface area contributed by atoms with Gasteiger partial charge in [-0.1, -0.05) is 0 Å². The quantitative estimate of drug-likeness (QED) is 0.547. The second-order valence-electron chi connectivity index (χ2n) is 3.15. The van der Waals surface area contributed by atoms with E-state index >= 15 is 0 Å². The van der Waals surface area contributed by atoms with Gasteiger partial charge in [0.25, 0.3) is 0 Å². The number of hydrogen-bond donors (Lipinski definition) is 3. The summed E-state index contributed by atoms with van der Waals surface area (Å²) in [4.78, 5) is 7.65. The lowest BCUT2D eigenvalue weighted by Gasteiger charge is -2.06.